The Morgan fingerprint density at radius 3 is 0.417 bits per heavy atom. The minimum absolute atomic E-state index is 0. The van der Waals surface area contributed by atoms with E-state index >= 15 is 0 Å². The molecule has 16 nitrogen and oxygen atoms in total. The normalized spacial score (nSPS) is 5.25. The first kappa shape index (κ1) is 130. The maximum atomic E-state index is 9.36. The third-order valence-corrected chi connectivity index (χ3v) is 2.25. The molecule has 0 spiro atoms. The van der Waals surface area contributed by atoms with Crippen LogP contribution in [-0.4, -0.2) is 67.4 Å². The Labute approximate surface area is 272 Å². The quantitative estimate of drug-likeness (QED) is 0.351. The molecule has 24 heavy (non-hydrogen) atoms. The van der Waals surface area contributed by atoms with E-state index in [9.17, 15) is 28.8 Å². The molecule has 0 aromatic carbocycles. The van der Waals surface area contributed by atoms with Crippen LogP contribution in [0.2, 0.25) is 0 Å². The van der Waals surface area contributed by atoms with Crippen LogP contribution in [-0.2, 0) is 4.12 Å². The van der Waals surface area contributed by atoms with Crippen LogP contribution in [0.3, 0.4) is 0 Å². The van der Waals surface area contributed by atoms with Gasteiger partial charge in [0.25, 0.3) is 0 Å². The van der Waals surface area contributed by atoms with Crippen LogP contribution >= 0.6 is 0 Å². The molecule has 0 unspecified atom stereocenters. The second kappa shape index (κ2) is 63.0. The van der Waals surface area contributed by atoms with Crippen LogP contribution in [0.25, 0.3) is 0 Å². The topological polar surface area (TPSA) is 431 Å². The van der Waals surface area contributed by atoms with Crippen molar-refractivity contribution in [2.75, 3.05) is 0 Å². The van der Waals surface area contributed by atoms with E-state index in [1.165, 1.54) is 0 Å². The first-order chi connectivity index (χ1) is 3.71. The first-order valence-electron chi connectivity index (χ1n) is 1.63. The van der Waals surface area contributed by atoms with Crippen molar-refractivity contribution in [1.82, 2.24) is 0 Å². The van der Waals surface area contributed by atoms with Gasteiger partial charge in [-0.1, -0.05) is 0 Å². The second-order valence-electron chi connectivity index (χ2n) is 1.10. The second-order valence-corrected chi connectivity index (χ2v) is 3.92. The van der Waals surface area contributed by atoms with Gasteiger partial charge in [-0.25, -0.2) is 0 Å². The van der Waals surface area contributed by atoms with Crippen molar-refractivity contribution in [3.05, 3.63) is 0 Å². The molecule has 0 aromatic rings. The fourth-order valence-corrected chi connectivity index (χ4v) is 1.38. The molecule has 0 aliphatic carbocycles. The van der Waals surface area contributed by atoms with E-state index in [2.05, 4.69) is 4.12 Å². The van der Waals surface area contributed by atoms with Crippen molar-refractivity contribution in [2.45, 2.75) is 0 Å². The zero-order valence-electron chi connectivity index (χ0n) is 14.4. The molecule has 0 saturated heterocycles. The predicted molar refractivity (Wildman–Crippen MR) is 45.1 cm³/mol. The molecule has 0 atom stereocenters. The third-order valence-electron chi connectivity index (χ3n) is 0.250. The van der Waals surface area contributed by atoms with Gasteiger partial charge < -0.3 is 82.2 Å². The largest absolute Gasteiger partial charge is 1.00 e. The fraction of sp³-hybridized carbons (Fsp3) is 0. The monoisotopic (exact) mass is 468 g/mol. The van der Waals surface area contributed by atoms with Crippen molar-refractivity contribution in [3.8, 4) is 0 Å². The van der Waals surface area contributed by atoms with Crippen LogP contribution in [0.4, 0.5) is 0 Å². The van der Waals surface area contributed by atoms with Gasteiger partial charge in [-0.05, 0) is 0 Å². The minimum Gasteiger partial charge on any atom is -0.862 e. The molecule has 0 aliphatic heterocycles. The van der Waals surface area contributed by atoms with Crippen LogP contribution in [0, 0.1) is 0 Å². The van der Waals surface area contributed by atoms with Gasteiger partial charge >= 0.3 is 177 Å². The van der Waals surface area contributed by atoms with Crippen LogP contribution in [0.15, 0.2) is 0 Å². The summed E-state index contributed by atoms with van der Waals surface area (Å²) >= 11 is 0. The van der Waals surface area contributed by atoms with E-state index in [1.807, 2.05) is 0 Å². The number of hydrogen-bond donors (Lipinski definition) is 0. The van der Waals surface area contributed by atoms with Gasteiger partial charge in [0, 0.05) is 0 Å². The van der Waals surface area contributed by atoms with Crippen LogP contribution in [0.1, 0.15) is 0 Å². The Kier molecular flexibility index (Phi) is 341. The SMILES string of the molecule is O.O.O.O.O.O.O.O.O.[Na+].[Na+].[Na+].[Na+].[Na+].[Na+].[O-][Si]([O-])([O-])O[Si]([O-])([O-])[O-]. The molecule has 0 aromatic heterocycles. The predicted octanol–water partition coefficient (Wildman–Crippen LogP) is -33.4. The zero-order chi connectivity index (χ0) is 7.71. The molecule has 0 saturated carbocycles. The van der Waals surface area contributed by atoms with Gasteiger partial charge in [-0.15, -0.1) is 18.1 Å². The molecule has 0 heterocycles. The van der Waals surface area contributed by atoms with Gasteiger partial charge in [0.15, 0.2) is 0 Å². The van der Waals surface area contributed by atoms with Crippen LogP contribution in [0.5, 0.6) is 0 Å². The Morgan fingerprint density at radius 2 is 0.417 bits per heavy atom. The van der Waals surface area contributed by atoms with Gasteiger partial charge in [0.2, 0.25) is 0 Å². The minimum atomic E-state index is -5.92. The Balaban J connectivity index is -0.00000000305. The van der Waals surface area contributed by atoms with E-state index in [-0.39, 0.29) is 227 Å². The summed E-state index contributed by atoms with van der Waals surface area (Å²) in [6, 6.07) is 0. The van der Waals surface area contributed by atoms with E-state index < -0.39 is 18.1 Å². The molecule has 0 rings (SSSR count). The van der Waals surface area contributed by atoms with Crippen molar-refractivity contribution in [2.24, 2.45) is 0 Å². The Bertz CT molecular complexity index is 93.7. The Morgan fingerprint density at radius 1 is 0.333 bits per heavy atom. The summed E-state index contributed by atoms with van der Waals surface area (Å²) in [5.41, 5.74) is 0. The smallest absolute Gasteiger partial charge is 0.862 e. The standard InChI is InChI=1S/6Na.O7Si2.9H2O/c;;;;;;1-8(2,3)7-9(4,5)6;;;;;;;;;/h;;;;;;;9*1H2/q6*+1;-6;;;;;;;;;. The molecule has 18 N–H and O–H groups in total. The average Bonchev–Trinajstić information content (AvgIpc) is 1.14. The average molecular weight is 468 g/mol. The van der Waals surface area contributed by atoms with E-state index in [0.717, 1.165) is 0 Å². The van der Waals surface area contributed by atoms with E-state index in [4.69, 9.17) is 0 Å². The maximum absolute atomic E-state index is 9.36. The van der Waals surface area contributed by atoms with Gasteiger partial charge in [-0.2, -0.15) is 0 Å². The summed E-state index contributed by atoms with van der Waals surface area (Å²) in [6.45, 7) is 0. The molecule has 0 amide bonds. The molecular weight excluding hydrogens is 450 g/mol. The van der Waals surface area contributed by atoms with Gasteiger partial charge in [-0.3, -0.25) is 0 Å². The van der Waals surface area contributed by atoms with Gasteiger partial charge in [0.1, 0.15) is 0 Å². The third kappa shape index (κ3) is 143. The summed E-state index contributed by atoms with van der Waals surface area (Å²) in [4.78, 5) is 56.2. The van der Waals surface area contributed by atoms with Crippen molar-refractivity contribution >= 4 is 18.1 Å². The number of rotatable bonds is 2. The molecule has 128 valence electrons. The summed E-state index contributed by atoms with van der Waals surface area (Å²) in [5.74, 6) is 0. The molecule has 0 bridgehead atoms. The van der Waals surface area contributed by atoms with E-state index in [0.29, 0.717) is 0 Å². The first-order valence-corrected chi connectivity index (χ1v) is 4.90. The van der Waals surface area contributed by atoms with E-state index in [1.54, 1.807) is 0 Å². The Hall–Kier alpha value is 5.79. The maximum Gasteiger partial charge on any atom is 1.00 e. The van der Waals surface area contributed by atoms with Crippen molar-refractivity contribution in [1.29, 1.82) is 0 Å². The molecule has 24 heteroatoms. The zero-order valence-corrected chi connectivity index (χ0v) is 28.4. The molecule has 0 radical (unpaired) electrons. The fourth-order valence-electron chi connectivity index (χ4n) is 0.153. The van der Waals surface area contributed by atoms with Crippen LogP contribution < -0.4 is 206 Å². The molecule has 0 aliphatic rings. The van der Waals surface area contributed by atoms with Crippen molar-refractivity contribution < 1.29 is 260 Å². The van der Waals surface area contributed by atoms with Crippen molar-refractivity contribution in [3.63, 3.8) is 0 Å². The summed E-state index contributed by atoms with van der Waals surface area (Å²) in [5, 5.41) is 0. The number of hydrogen-bond acceptors (Lipinski definition) is 7. The molecule has 0 fully saturated rings. The van der Waals surface area contributed by atoms with Gasteiger partial charge in [0.05, 0.1) is 0 Å². The summed E-state index contributed by atoms with van der Waals surface area (Å²) in [7, 11) is -11.8. The summed E-state index contributed by atoms with van der Waals surface area (Å²) in [6.07, 6.45) is 0. The summed E-state index contributed by atoms with van der Waals surface area (Å²) < 4.78 is 2.57. The molecular formula is H18Na6O16Si2.